The Morgan fingerprint density at radius 1 is 1.28 bits per heavy atom. The summed E-state index contributed by atoms with van der Waals surface area (Å²) in [7, 11) is 0. The number of nitrogens with zero attached hydrogens (tertiary/aromatic N) is 2. The minimum Gasteiger partial charge on any atom is -0.297 e. The Kier molecular flexibility index (Phi) is 5.38. The van der Waals surface area contributed by atoms with Crippen LogP contribution in [0.15, 0.2) is 0 Å². The standard InChI is InChI=1S/C15H26N2S/c1-3-12-5-6-13(10-16)15(9-12)17-7-8-18-14(4-2)11-17/h12-15H,3-9,11H2,1-2H3. The lowest BCUT2D eigenvalue weighted by Gasteiger charge is -2.43. The van der Waals surface area contributed by atoms with Gasteiger partial charge in [-0.3, -0.25) is 4.90 Å². The third-order valence-electron chi connectivity index (χ3n) is 4.76. The smallest absolute Gasteiger partial charge is 0.0672 e. The summed E-state index contributed by atoms with van der Waals surface area (Å²) in [5.41, 5.74) is 0. The monoisotopic (exact) mass is 266 g/mol. The van der Waals surface area contributed by atoms with Crippen LogP contribution in [-0.2, 0) is 0 Å². The van der Waals surface area contributed by atoms with Crippen molar-refractivity contribution in [3.05, 3.63) is 0 Å². The highest BCUT2D eigenvalue weighted by Gasteiger charge is 2.35. The van der Waals surface area contributed by atoms with Gasteiger partial charge in [0.25, 0.3) is 0 Å². The summed E-state index contributed by atoms with van der Waals surface area (Å²) >= 11 is 2.12. The molecule has 4 unspecified atom stereocenters. The van der Waals surface area contributed by atoms with Gasteiger partial charge >= 0.3 is 0 Å². The molecule has 0 amide bonds. The molecule has 1 aliphatic carbocycles. The van der Waals surface area contributed by atoms with Gasteiger partial charge in [-0.1, -0.05) is 20.3 Å². The van der Waals surface area contributed by atoms with E-state index >= 15 is 0 Å². The third-order valence-corrected chi connectivity index (χ3v) is 6.14. The summed E-state index contributed by atoms with van der Waals surface area (Å²) in [6, 6.07) is 3.13. The summed E-state index contributed by atoms with van der Waals surface area (Å²) in [4.78, 5) is 2.64. The fourth-order valence-electron chi connectivity index (χ4n) is 3.45. The van der Waals surface area contributed by atoms with E-state index in [4.69, 9.17) is 0 Å². The van der Waals surface area contributed by atoms with E-state index in [0.29, 0.717) is 6.04 Å². The average molecular weight is 266 g/mol. The molecule has 102 valence electrons. The second-order valence-electron chi connectivity index (χ2n) is 5.79. The number of hydrogen-bond donors (Lipinski definition) is 0. The van der Waals surface area contributed by atoms with Gasteiger partial charge in [0.1, 0.15) is 0 Å². The van der Waals surface area contributed by atoms with Gasteiger partial charge in [0.05, 0.1) is 12.0 Å². The zero-order valence-corrected chi connectivity index (χ0v) is 12.6. The molecule has 1 saturated carbocycles. The van der Waals surface area contributed by atoms with Crippen molar-refractivity contribution in [2.45, 2.75) is 57.2 Å². The zero-order chi connectivity index (χ0) is 13.0. The highest BCUT2D eigenvalue weighted by molar-refractivity contribution is 8.00. The van der Waals surface area contributed by atoms with Crippen LogP contribution in [0.2, 0.25) is 0 Å². The molecule has 0 radical (unpaired) electrons. The van der Waals surface area contributed by atoms with Crippen LogP contribution in [0.25, 0.3) is 0 Å². The molecule has 18 heavy (non-hydrogen) atoms. The minimum atomic E-state index is 0.286. The summed E-state index contributed by atoms with van der Waals surface area (Å²) in [5, 5.41) is 10.2. The molecule has 0 N–H and O–H groups in total. The predicted octanol–water partition coefficient (Wildman–Crippen LogP) is 3.53. The Morgan fingerprint density at radius 2 is 2.11 bits per heavy atom. The molecule has 0 aromatic carbocycles. The van der Waals surface area contributed by atoms with Crippen LogP contribution < -0.4 is 0 Å². The maximum atomic E-state index is 9.39. The molecule has 0 bridgehead atoms. The van der Waals surface area contributed by atoms with Crippen molar-refractivity contribution in [2.75, 3.05) is 18.8 Å². The van der Waals surface area contributed by atoms with Crippen LogP contribution in [-0.4, -0.2) is 35.0 Å². The average Bonchev–Trinajstić information content (AvgIpc) is 2.46. The normalized spacial score (nSPS) is 38.3. The van der Waals surface area contributed by atoms with Crippen LogP contribution in [0.4, 0.5) is 0 Å². The van der Waals surface area contributed by atoms with Gasteiger partial charge in [-0.25, -0.2) is 0 Å². The van der Waals surface area contributed by atoms with Crippen LogP contribution in [0.5, 0.6) is 0 Å². The second kappa shape index (κ2) is 6.82. The number of thioether (sulfide) groups is 1. The largest absolute Gasteiger partial charge is 0.297 e. The fraction of sp³-hybridized carbons (Fsp3) is 0.933. The SMILES string of the molecule is CCC1CCC(C#N)C(N2CCSC(CC)C2)C1. The summed E-state index contributed by atoms with van der Waals surface area (Å²) in [6.07, 6.45) is 6.21. The summed E-state index contributed by atoms with van der Waals surface area (Å²) < 4.78 is 0. The minimum absolute atomic E-state index is 0.286. The molecule has 0 spiro atoms. The van der Waals surface area contributed by atoms with E-state index in [9.17, 15) is 5.26 Å². The highest BCUT2D eigenvalue weighted by Crippen LogP contribution is 2.35. The van der Waals surface area contributed by atoms with Crippen molar-refractivity contribution in [1.29, 1.82) is 5.26 Å². The van der Waals surface area contributed by atoms with Crippen molar-refractivity contribution >= 4 is 11.8 Å². The van der Waals surface area contributed by atoms with Crippen LogP contribution >= 0.6 is 11.8 Å². The molecule has 0 aromatic heterocycles. The van der Waals surface area contributed by atoms with Crippen LogP contribution in [0, 0.1) is 23.2 Å². The third kappa shape index (κ3) is 3.22. The number of nitriles is 1. The lowest BCUT2D eigenvalue weighted by atomic mass is 9.77. The van der Waals surface area contributed by atoms with Crippen molar-refractivity contribution in [2.24, 2.45) is 11.8 Å². The van der Waals surface area contributed by atoms with Crippen LogP contribution in [0.3, 0.4) is 0 Å². The number of rotatable bonds is 3. The Labute approximate surface area is 116 Å². The molecule has 4 atom stereocenters. The Morgan fingerprint density at radius 3 is 2.78 bits per heavy atom. The van der Waals surface area contributed by atoms with Gasteiger partial charge in [0, 0.05) is 30.1 Å². The van der Waals surface area contributed by atoms with Gasteiger partial charge in [-0.05, 0) is 31.6 Å². The molecule has 2 fully saturated rings. The van der Waals surface area contributed by atoms with Crippen molar-refractivity contribution in [3.63, 3.8) is 0 Å². The van der Waals surface area contributed by atoms with Crippen molar-refractivity contribution in [1.82, 2.24) is 4.90 Å². The second-order valence-corrected chi connectivity index (χ2v) is 7.19. The molecule has 2 nitrogen and oxygen atoms in total. The maximum absolute atomic E-state index is 9.39. The first-order chi connectivity index (χ1) is 8.78. The fourth-order valence-corrected chi connectivity index (χ4v) is 4.65. The topological polar surface area (TPSA) is 27.0 Å². The molecule has 1 saturated heterocycles. The Balaban J connectivity index is 2.01. The zero-order valence-electron chi connectivity index (χ0n) is 11.8. The molecular weight excluding hydrogens is 240 g/mol. The maximum Gasteiger partial charge on any atom is 0.0672 e. The first-order valence-corrected chi connectivity index (χ1v) is 8.58. The predicted molar refractivity (Wildman–Crippen MR) is 78.6 cm³/mol. The molecule has 2 aliphatic rings. The lowest BCUT2D eigenvalue weighted by Crippen LogP contribution is -2.49. The van der Waals surface area contributed by atoms with E-state index in [1.807, 2.05) is 0 Å². The quantitative estimate of drug-likeness (QED) is 0.782. The van der Waals surface area contributed by atoms with E-state index in [-0.39, 0.29) is 5.92 Å². The lowest BCUT2D eigenvalue weighted by molar-refractivity contribution is 0.102. The van der Waals surface area contributed by atoms with E-state index in [2.05, 4.69) is 36.6 Å². The summed E-state index contributed by atoms with van der Waals surface area (Å²) in [6.45, 7) is 6.99. The van der Waals surface area contributed by atoms with E-state index in [0.717, 1.165) is 17.6 Å². The highest BCUT2D eigenvalue weighted by atomic mass is 32.2. The van der Waals surface area contributed by atoms with E-state index in [1.165, 1.54) is 44.5 Å². The molecular formula is C15H26N2S. The Hall–Kier alpha value is -0.200. The van der Waals surface area contributed by atoms with Crippen molar-refractivity contribution < 1.29 is 0 Å². The van der Waals surface area contributed by atoms with Crippen LogP contribution in [0.1, 0.15) is 46.0 Å². The first kappa shape index (κ1) is 14.2. The molecule has 3 heteroatoms. The van der Waals surface area contributed by atoms with Gasteiger partial charge in [0.15, 0.2) is 0 Å². The van der Waals surface area contributed by atoms with E-state index in [1.54, 1.807) is 0 Å². The van der Waals surface area contributed by atoms with E-state index < -0.39 is 0 Å². The van der Waals surface area contributed by atoms with Gasteiger partial charge in [-0.2, -0.15) is 17.0 Å². The van der Waals surface area contributed by atoms with Crippen molar-refractivity contribution in [3.8, 4) is 6.07 Å². The molecule has 2 rings (SSSR count). The summed E-state index contributed by atoms with van der Waals surface area (Å²) in [5.74, 6) is 2.40. The Bertz CT molecular complexity index is 299. The van der Waals surface area contributed by atoms with Gasteiger partial charge in [0.2, 0.25) is 0 Å². The van der Waals surface area contributed by atoms with Gasteiger partial charge < -0.3 is 0 Å². The number of hydrogen-bond acceptors (Lipinski definition) is 3. The molecule has 1 heterocycles. The molecule has 0 aromatic rings. The molecule has 1 aliphatic heterocycles. The van der Waals surface area contributed by atoms with Gasteiger partial charge in [-0.15, -0.1) is 0 Å². The first-order valence-electron chi connectivity index (χ1n) is 7.53.